The molecule has 1 saturated carbocycles. The van der Waals surface area contributed by atoms with Crippen LogP contribution >= 0.6 is 0 Å². The number of hydrogen-bond donors (Lipinski definition) is 0. The first-order chi connectivity index (χ1) is 8.70. The molecule has 1 unspecified atom stereocenters. The molecule has 0 aromatic rings. The predicted molar refractivity (Wildman–Crippen MR) is 75.5 cm³/mol. The van der Waals surface area contributed by atoms with Gasteiger partial charge in [0.05, 0.1) is 0 Å². The van der Waals surface area contributed by atoms with Gasteiger partial charge in [-0.2, -0.15) is 0 Å². The number of ether oxygens (including phenoxy) is 1. The first-order valence-corrected chi connectivity index (χ1v) is 7.87. The van der Waals surface area contributed by atoms with E-state index in [-0.39, 0.29) is 12.1 Å². The van der Waals surface area contributed by atoms with Crippen molar-refractivity contribution in [2.75, 3.05) is 0 Å². The van der Waals surface area contributed by atoms with E-state index in [1.807, 2.05) is 0 Å². The SMILES string of the molecule is CC(=O)OC(C)C1CCCCCCCCCCC1. The summed E-state index contributed by atoms with van der Waals surface area (Å²) in [5.74, 6) is 0.446. The smallest absolute Gasteiger partial charge is 0.302 e. The summed E-state index contributed by atoms with van der Waals surface area (Å²) in [6, 6.07) is 0. The molecule has 2 heteroatoms. The summed E-state index contributed by atoms with van der Waals surface area (Å²) in [6.07, 6.45) is 14.9. The Hall–Kier alpha value is -0.530. The fraction of sp³-hybridized carbons (Fsp3) is 0.938. The number of esters is 1. The molecule has 0 saturated heterocycles. The van der Waals surface area contributed by atoms with E-state index in [1.165, 1.54) is 77.6 Å². The third kappa shape index (κ3) is 7.03. The molecule has 0 bridgehead atoms. The van der Waals surface area contributed by atoms with E-state index >= 15 is 0 Å². The predicted octanol–water partition coefficient (Wildman–Crippen LogP) is 4.86. The van der Waals surface area contributed by atoms with E-state index in [1.54, 1.807) is 0 Å². The van der Waals surface area contributed by atoms with Gasteiger partial charge in [-0.05, 0) is 25.7 Å². The second-order valence-corrected chi connectivity index (χ2v) is 5.83. The number of carbonyl (C=O) groups is 1. The molecule has 0 aromatic heterocycles. The molecule has 0 amide bonds. The Bertz CT molecular complexity index is 213. The van der Waals surface area contributed by atoms with Crippen molar-refractivity contribution in [1.82, 2.24) is 0 Å². The fourth-order valence-corrected chi connectivity index (χ4v) is 3.02. The topological polar surface area (TPSA) is 26.3 Å². The zero-order valence-electron chi connectivity index (χ0n) is 12.2. The third-order valence-electron chi connectivity index (χ3n) is 4.17. The summed E-state index contributed by atoms with van der Waals surface area (Å²) in [7, 11) is 0. The molecular weight excluding hydrogens is 224 g/mol. The van der Waals surface area contributed by atoms with Crippen molar-refractivity contribution < 1.29 is 9.53 Å². The van der Waals surface area contributed by atoms with Crippen LogP contribution in [0.25, 0.3) is 0 Å². The minimum Gasteiger partial charge on any atom is -0.463 e. The standard InChI is InChI=1S/C16H30O2/c1-14(18-15(2)17)16-12-10-8-6-4-3-5-7-9-11-13-16/h14,16H,3-13H2,1-2H3. The molecule has 0 aromatic carbocycles. The highest BCUT2D eigenvalue weighted by atomic mass is 16.5. The summed E-state index contributed by atoms with van der Waals surface area (Å²) in [5.41, 5.74) is 0. The van der Waals surface area contributed by atoms with Gasteiger partial charge in [-0.1, -0.05) is 57.8 Å². The number of hydrogen-bond acceptors (Lipinski definition) is 2. The van der Waals surface area contributed by atoms with E-state index in [2.05, 4.69) is 6.92 Å². The van der Waals surface area contributed by atoms with E-state index in [0.29, 0.717) is 5.92 Å². The van der Waals surface area contributed by atoms with Crippen LogP contribution in [0.3, 0.4) is 0 Å². The zero-order chi connectivity index (χ0) is 13.2. The van der Waals surface area contributed by atoms with Crippen molar-refractivity contribution in [3.05, 3.63) is 0 Å². The van der Waals surface area contributed by atoms with Gasteiger partial charge in [-0.15, -0.1) is 0 Å². The van der Waals surface area contributed by atoms with E-state index in [0.717, 1.165) is 0 Å². The average molecular weight is 254 g/mol. The van der Waals surface area contributed by atoms with E-state index in [4.69, 9.17) is 4.74 Å². The molecule has 106 valence electrons. The zero-order valence-corrected chi connectivity index (χ0v) is 12.2. The van der Waals surface area contributed by atoms with E-state index in [9.17, 15) is 4.79 Å². The van der Waals surface area contributed by atoms with Crippen LogP contribution in [-0.2, 0) is 9.53 Å². The van der Waals surface area contributed by atoms with Gasteiger partial charge in [-0.3, -0.25) is 4.79 Å². The lowest BCUT2D eigenvalue weighted by molar-refractivity contribution is -0.148. The Morgan fingerprint density at radius 2 is 1.28 bits per heavy atom. The quantitative estimate of drug-likeness (QED) is 0.658. The van der Waals surface area contributed by atoms with Crippen molar-refractivity contribution in [2.45, 2.75) is 90.6 Å². The first-order valence-electron chi connectivity index (χ1n) is 7.87. The van der Waals surface area contributed by atoms with Crippen LogP contribution in [-0.4, -0.2) is 12.1 Å². The maximum Gasteiger partial charge on any atom is 0.302 e. The summed E-state index contributed by atoms with van der Waals surface area (Å²) in [4.78, 5) is 11.1. The van der Waals surface area contributed by atoms with Gasteiger partial charge in [0, 0.05) is 6.92 Å². The normalized spacial score (nSPS) is 22.6. The molecule has 1 atom stereocenters. The number of rotatable bonds is 2. The highest BCUT2D eigenvalue weighted by Crippen LogP contribution is 2.25. The van der Waals surface area contributed by atoms with Gasteiger partial charge in [-0.25, -0.2) is 0 Å². The Balaban J connectivity index is 2.37. The fourth-order valence-electron chi connectivity index (χ4n) is 3.02. The minimum atomic E-state index is -0.131. The molecule has 1 fully saturated rings. The first kappa shape index (κ1) is 15.5. The van der Waals surface area contributed by atoms with Crippen LogP contribution < -0.4 is 0 Å². The van der Waals surface area contributed by atoms with Gasteiger partial charge < -0.3 is 4.74 Å². The third-order valence-corrected chi connectivity index (χ3v) is 4.17. The van der Waals surface area contributed by atoms with Gasteiger partial charge in [0.2, 0.25) is 0 Å². The monoisotopic (exact) mass is 254 g/mol. The summed E-state index contributed by atoms with van der Waals surface area (Å²) in [6.45, 7) is 3.59. The van der Waals surface area contributed by atoms with Gasteiger partial charge in [0.1, 0.15) is 6.10 Å². The van der Waals surface area contributed by atoms with E-state index < -0.39 is 0 Å². The maximum atomic E-state index is 11.1. The second kappa shape index (κ2) is 9.41. The average Bonchev–Trinajstić information content (AvgIpc) is 2.28. The molecule has 0 spiro atoms. The molecule has 0 aliphatic heterocycles. The van der Waals surface area contributed by atoms with Gasteiger partial charge in [0.25, 0.3) is 0 Å². The minimum absolute atomic E-state index is 0.102. The molecule has 0 N–H and O–H groups in total. The molecule has 0 heterocycles. The van der Waals surface area contributed by atoms with Crippen molar-refractivity contribution in [2.24, 2.45) is 5.92 Å². The van der Waals surface area contributed by atoms with Crippen LogP contribution in [0.15, 0.2) is 0 Å². The van der Waals surface area contributed by atoms with Crippen LogP contribution in [0.4, 0.5) is 0 Å². The number of carbonyl (C=O) groups excluding carboxylic acids is 1. The van der Waals surface area contributed by atoms with Crippen molar-refractivity contribution in [3.63, 3.8) is 0 Å². The Morgan fingerprint density at radius 3 is 1.67 bits per heavy atom. The molecule has 0 radical (unpaired) electrons. The lowest BCUT2D eigenvalue weighted by Crippen LogP contribution is -2.23. The Morgan fingerprint density at radius 1 is 0.889 bits per heavy atom. The van der Waals surface area contributed by atoms with Gasteiger partial charge >= 0.3 is 5.97 Å². The van der Waals surface area contributed by atoms with Crippen LogP contribution in [0, 0.1) is 5.92 Å². The lowest BCUT2D eigenvalue weighted by Gasteiger charge is -2.24. The molecule has 1 aliphatic carbocycles. The highest BCUT2D eigenvalue weighted by Gasteiger charge is 2.19. The molecule has 2 nitrogen and oxygen atoms in total. The second-order valence-electron chi connectivity index (χ2n) is 5.83. The largest absolute Gasteiger partial charge is 0.463 e. The van der Waals surface area contributed by atoms with Crippen LogP contribution in [0.1, 0.15) is 84.5 Å². The van der Waals surface area contributed by atoms with Gasteiger partial charge in [0.15, 0.2) is 0 Å². The summed E-state index contributed by atoms with van der Waals surface area (Å²) in [5, 5.41) is 0. The van der Waals surface area contributed by atoms with Crippen LogP contribution in [0.5, 0.6) is 0 Å². The molecule has 1 aliphatic rings. The van der Waals surface area contributed by atoms with Crippen molar-refractivity contribution in [1.29, 1.82) is 0 Å². The summed E-state index contributed by atoms with van der Waals surface area (Å²) < 4.78 is 5.38. The van der Waals surface area contributed by atoms with Crippen molar-refractivity contribution in [3.8, 4) is 0 Å². The van der Waals surface area contributed by atoms with Crippen molar-refractivity contribution >= 4 is 5.97 Å². The molecule has 1 rings (SSSR count). The molecular formula is C16H30O2. The highest BCUT2D eigenvalue weighted by molar-refractivity contribution is 5.66. The summed E-state index contributed by atoms with van der Waals surface area (Å²) >= 11 is 0. The Kier molecular flexibility index (Phi) is 8.11. The molecule has 18 heavy (non-hydrogen) atoms. The Labute approximate surface area is 112 Å². The lowest BCUT2D eigenvalue weighted by atomic mass is 9.89. The van der Waals surface area contributed by atoms with Crippen LogP contribution in [0.2, 0.25) is 0 Å². The maximum absolute atomic E-state index is 11.1.